The van der Waals surface area contributed by atoms with Gasteiger partial charge in [-0.25, -0.2) is 4.98 Å². The molecule has 0 N–H and O–H groups in total. The number of hydrogen-bond donors (Lipinski definition) is 0. The van der Waals surface area contributed by atoms with E-state index in [0.717, 1.165) is 10.5 Å². The number of aromatic nitrogens is 2. The molecule has 0 aliphatic heterocycles. The van der Waals surface area contributed by atoms with E-state index in [0.29, 0.717) is 0 Å². The first-order valence-electron chi connectivity index (χ1n) is 9.74. The molecule has 3 heteroatoms. The van der Waals surface area contributed by atoms with Crippen molar-refractivity contribution in [3.05, 3.63) is 96.6 Å². The normalized spacial score (nSPS) is 11.6. The Balaban J connectivity index is 1.50. The zero-order valence-corrected chi connectivity index (χ0v) is 16.8. The van der Waals surface area contributed by atoms with E-state index < -0.39 is 0 Å². The van der Waals surface area contributed by atoms with Crippen molar-refractivity contribution in [2.45, 2.75) is 6.92 Å². The average molecular weight is 391 g/mol. The van der Waals surface area contributed by atoms with Crippen molar-refractivity contribution in [2.24, 2.45) is 0 Å². The van der Waals surface area contributed by atoms with Gasteiger partial charge < -0.3 is 0 Å². The molecule has 0 fully saturated rings. The summed E-state index contributed by atoms with van der Waals surface area (Å²) in [4.78, 5) is 5.88. The fraction of sp³-hybridized carbons (Fsp3) is 0.0385. The van der Waals surface area contributed by atoms with Crippen molar-refractivity contribution < 1.29 is 0 Å². The molecule has 0 amide bonds. The van der Waals surface area contributed by atoms with Crippen molar-refractivity contribution in [3.8, 4) is 22.3 Å². The van der Waals surface area contributed by atoms with Crippen LogP contribution in [0.4, 0.5) is 0 Å². The topological polar surface area (TPSA) is 17.3 Å². The highest BCUT2D eigenvalue weighted by Crippen LogP contribution is 2.37. The second kappa shape index (κ2) is 6.29. The minimum Gasteiger partial charge on any atom is -0.283 e. The van der Waals surface area contributed by atoms with E-state index in [1.807, 2.05) is 6.07 Å². The van der Waals surface area contributed by atoms with Crippen LogP contribution in [0.25, 0.3) is 48.5 Å². The van der Waals surface area contributed by atoms with E-state index in [2.05, 4.69) is 96.3 Å². The number of aryl methyl sites for hydroxylation is 1. The van der Waals surface area contributed by atoms with Gasteiger partial charge in [0.1, 0.15) is 0 Å². The molecule has 0 unspecified atom stereocenters. The Hall–Kier alpha value is -3.43. The Morgan fingerprint density at radius 2 is 1.31 bits per heavy atom. The van der Waals surface area contributed by atoms with Gasteiger partial charge in [-0.2, -0.15) is 0 Å². The fourth-order valence-corrected chi connectivity index (χ4v) is 5.19. The number of fused-ring (bicyclic) bond motifs is 5. The van der Waals surface area contributed by atoms with Gasteiger partial charge in [-0.05, 0) is 41.8 Å². The van der Waals surface area contributed by atoms with Gasteiger partial charge in [0, 0.05) is 5.56 Å². The molecule has 2 aromatic heterocycles. The Morgan fingerprint density at radius 1 is 0.655 bits per heavy atom. The third-order valence-corrected chi connectivity index (χ3v) is 6.63. The molecule has 0 bridgehead atoms. The largest absolute Gasteiger partial charge is 0.283 e. The minimum absolute atomic E-state index is 1.05. The van der Waals surface area contributed by atoms with Gasteiger partial charge in [-0.3, -0.25) is 4.40 Å². The summed E-state index contributed by atoms with van der Waals surface area (Å²) in [5, 5.41) is 0. The zero-order chi connectivity index (χ0) is 19.4. The average Bonchev–Trinajstić information content (AvgIpc) is 3.30. The van der Waals surface area contributed by atoms with Crippen LogP contribution in [-0.4, -0.2) is 9.38 Å². The third-order valence-electron chi connectivity index (χ3n) is 5.54. The van der Waals surface area contributed by atoms with Crippen LogP contribution in [0, 0.1) is 6.92 Å². The molecule has 0 radical (unpaired) electrons. The maximum Gasteiger partial charge on any atom is 0.195 e. The number of benzene rings is 4. The predicted octanol–water partition coefficient (Wildman–Crippen LogP) is 7.34. The maximum atomic E-state index is 4.83. The van der Waals surface area contributed by atoms with E-state index in [4.69, 9.17) is 4.98 Å². The Bertz CT molecular complexity index is 1490. The summed E-state index contributed by atoms with van der Waals surface area (Å²) in [6, 6.07) is 32.5. The van der Waals surface area contributed by atoms with Crippen LogP contribution in [0.5, 0.6) is 0 Å². The SMILES string of the molecule is Cc1ccc(-c2ccc(-c3cccc4c3sc3nc5ccccc5n34)cc2)cc1. The second-order valence-corrected chi connectivity index (χ2v) is 8.40. The zero-order valence-electron chi connectivity index (χ0n) is 16.0. The fourth-order valence-electron chi connectivity index (χ4n) is 4.02. The third kappa shape index (κ3) is 2.59. The highest BCUT2D eigenvalue weighted by molar-refractivity contribution is 7.24. The maximum absolute atomic E-state index is 4.83. The van der Waals surface area contributed by atoms with Crippen LogP contribution in [0.1, 0.15) is 5.56 Å². The van der Waals surface area contributed by atoms with Gasteiger partial charge in [0.2, 0.25) is 0 Å². The Morgan fingerprint density at radius 3 is 2.10 bits per heavy atom. The quantitative estimate of drug-likeness (QED) is 0.302. The predicted molar refractivity (Wildman–Crippen MR) is 124 cm³/mol. The molecule has 6 rings (SSSR count). The Labute approximate surface area is 172 Å². The number of imidazole rings is 1. The number of nitrogens with zero attached hydrogens (tertiary/aromatic N) is 2. The molecular formula is C26H18N2S. The second-order valence-electron chi connectivity index (χ2n) is 7.42. The highest BCUT2D eigenvalue weighted by Gasteiger charge is 2.14. The molecule has 29 heavy (non-hydrogen) atoms. The number of para-hydroxylation sites is 2. The molecule has 0 aliphatic rings. The van der Waals surface area contributed by atoms with Crippen LogP contribution in [0.2, 0.25) is 0 Å². The van der Waals surface area contributed by atoms with Crippen LogP contribution in [0.3, 0.4) is 0 Å². The van der Waals surface area contributed by atoms with Gasteiger partial charge >= 0.3 is 0 Å². The summed E-state index contributed by atoms with van der Waals surface area (Å²) in [6.07, 6.45) is 0. The van der Waals surface area contributed by atoms with E-state index in [-0.39, 0.29) is 0 Å². The monoisotopic (exact) mass is 390 g/mol. The molecular weight excluding hydrogens is 372 g/mol. The molecule has 138 valence electrons. The van der Waals surface area contributed by atoms with Gasteiger partial charge in [0.05, 0.1) is 21.3 Å². The lowest BCUT2D eigenvalue weighted by atomic mass is 9.99. The first kappa shape index (κ1) is 16.5. The standard InChI is InChI=1S/C26H18N2S/c1-17-9-11-18(12-10-17)19-13-15-20(16-14-19)21-5-4-8-24-25(21)29-26-27-22-6-2-3-7-23(22)28(24)26/h2-16H,1H3. The number of hydrogen-bond acceptors (Lipinski definition) is 2. The van der Waals surface area contributed by atoms with E-state index >= 15 is 0 Å². The van der Waals surface area contributed by atoms with Gasteiger partial charge in [0.15, 0.2) is 4.96 Å². The summed E-state index contributed by atoms with van der Waals surface area (Å²) in [5.74, 6) is 0. The van der Waals surface area contributed by atoms with Gasteiger partial charge in [-0.15, -0.1) is 0 Å². The van der Waals surface area contributed by atoms with Crippen molar-refractivity contribution >= 4 is 37.5 Å². The van der Waals surface area contributed by atoms with Gasteiger partial charge in [-0.1, -0.05) is 89.7 Å². The first-order valence-corrected chi connectivity index (χ1v) is 10.6. The lowest BCUT2D eigenvalue weighted by molar-refractivity contribution is 1.35. The van der Waals surface area contributed by atoms with E-state index in [1.54, 1.807) is 11.3 Å². The molecule has 0 spiro atoms. The first-order chi connectivity index (χ1) is 14.3. The summed E-state index contributed by atoms with van der Waals surface area (Å²) < 4.78 is 3.56. The van der Waals surface area contributed by atoms with Crippen molar-refractivity contribution in [3.63, 3.8) is 0 Å². The van der Waals surface area contributed by atoms with Crippen LogP contribution >= 0.6 is 11.3 Å². The van der Waals surface area contributed by atoms with E-state index in [1.165, 1.54) is 43.6 Å². The summed E-state index contributed by atoms with van der Waals surface area (Å²) in [6.45, 7) is 2.12. The minimum atomic E-state index is 1.05. The van der Waals surface area contributed by atoms with Crippen LogP contribution < -0.4 is 0 Å². The lowest BCUT2D eigenvalue weighted by Gasteiger charge is -2.07. The van der Waals surface area contributed by atoms with Crippen LogP contribution in [-0.2, 0) is 0 Å². The van der Waals surface area contributed by atoms with Crippen molar-refractivity contribution in [2.75, 3.05) is 0 Å². The van der Waals surface area contributed by atoms with E-state index in [9.17, 15) is 0 Å². The number of rotatable bonds is 2. The molecule has 4 aromatic carbocycles. The highest BCUT2D eigenvalue weighted by atomic mass is 32.1. The van der Waals surface area contributed by atoms with Gasteiger partial charge in [0.25, 0.3) is 0 Å². The summed E-state index contributed by atoms with van der Waals surface area (Å²) in [5.41, 5.74) is 9.72. The van der Waals surface area contributed by atoms with Crippen LogP contribution in [0.15, 0.2) is 91.0 Å². The Kier molecular flexibility index (Phi) is 3.58. The molecule has 0 saturated carbocycles. The summed E-state index contributed by atoms with van der Waals surface area (Å²) >= 11 is 1.76. The van der Waals surface area contributed by atoms with Crippen molar-refractivity contribution in [1.82, 2.24) is 9.38 Å². The van der Waals surface area contributed by atoms with Crippen molar-refractivity contribution in [1.29, 1.82) is 0 Å². The number of thiazole rings is 1. The molecule has 2 nitrogen and oxygen atoms in total. The summed E-state index contributed by atoms with van der Waals surface area (Å²) in [7, 11) is 0. The molecule has 2 heterocycles. The molecule has 6 aromatic rings. The lowest BCUT2D eigenvalue weighted by Crippen LogP contribution is -1.83. The molecule has 0 aliphatic carbocycles. The molecule has 0 atom stereocenters. The smallest absolute Gasteiger partial charge is 0.195 e. The molecule has 0 saturated heterocycles.